The maximum Gasteiger partial charge on any atom is 0.0738 e. The first-order valence-corrected chi connectivity index (χ1v) is 4.54. The Morgan fingerprint density at radius 1 is 1.62 bits per heavy atom. The summed E-state index contributed by atoms with van der Waals surface area (Å²) < 4.78 is 5.30. The maximum absolute atomic E-state index is 5.60. The monoisotopic (exact) mass is 183 g/mol. The molecule has 1 unspecified atom stereocenters. The van der Waals surface area contributed by atoms with Crippen LogP contribution in [-0.2, 0) is 4.74 Å². The van der Waals surface area contributed by atoms with Crippen LogP contribution in [0.15, 0.2) is 16.9 Å². The molecule has 1 fully saturated rings. The molecule has 0 radical (unpaired) electrons. The van der Waals surface area contributed by atoms with Gasteiger partial charge < -0.3 is 16.2 Å². The zero-order valence-corrected chi connectivity index (χ0v) is 7.99. The van der Waals surface area contributed by atoms with Gasteiger partial charge in [0.05, 0.1) is 24.1 Å². The molecule has 1 saturated heterocycles. The lowest BCUT2D eigenvalue weighted by molar-refractivity contribution is 0.0829. The Hall–Kier alpha value is -1.03. The summed E-state index contributed by atoms with van der Waals surface area (Å²) in [6.07, 6.45) is 3.53. The molecule has 1 heterocycles. The predicted molar refractivity (Wildman–Crippen MR) is 53.4 cm³/mol. The van der Waals surface area contributed by atoms with Gasteiger partial charge in [0.2, 0.25) is 0 Å². The molecule has 0 amide bonds. The third kappa shape index (κ3) is 3.06. The first-order valence-electron chi connectivity index (χ1n) is 4.54. The Balaban J connectivity index is 2.52. The molecule has 74 valence electrons. The largest absolute Gasteiger partial charge is 0.403 e. The van der Waals surface area contributed by atoms with Gasteiger partial charge in [-0.2, -0.15) is 0 Å². The van der Waals surface area contributed by atoms with Crippen molar-refractivity contribution in [3.8, 4) is 0 Å². The van der Waals surface area contributed by atoms with Gasteiger partial charge in [0.15, 0.2) is 0 Å². The number of rotatable bonds is 2. The second kappa shape index (κ2) is 4.87. The number of nitrogens with two attached hydrogens (primary N) is 2. The molecule has 4 N–H and O–H groups in total. The van der Waals surface area contributed by atoms with Crippen molar-refractivity contribution >= 4 is 5.71 Å². The van der Waals surface area contributed by atoms with Crippen LogP contribution in [0.1, 0.15) is 19.8 Å². The van der Waals surface area contributed by atoms with Crippen molar-refractivity contribution in [3.05, 3.63) is 11.9 Å². The molecule has 1 aliphatic rings. The van der Waals surface area contributed by atoms with E-state index in [4.69, 9.17) is 16.2 Å². The zero-order chi connectivity index (χ0) is 9.68. The smallest absolute Gasteiger partial charge is 0.0738 e. The van der Waals surface area contributed by atoms with Gasteiger partial charge in [-0.05, 0) is 19.8 Å². The fraction of sp³-hybridized carbons (Fsp3) is 0.667. The zero-order valence-electron chi connectivity index (χ0n) is 7.99. The minimum absolute atomic E-state index is 0.257. The highest BCUT2D eigenvalue weighted by molar-refractivity contribution is 5.97. The van der Waals surface area contributed by atoms with Crippen LogP contribution >= 0.6 is 0 Å². The van der Waals surface area contributed by atoms with Crippen molar-refractivity contribution in [2.24, 2.45) is 16.5 Å². The van der Waals surface area contributed by atoms with Crippen molar-refractivity contribution in [1.29, 1.82) is 0 Å². The van der Waals surface area contributed by atoms with E-state index in [-0.39, 0.29) is 6.04 Å². The highest BCUT2D eigenvalue weighted by Crippen LogP contribution is 2.10. The molecule has 1 atom stereocenters. The van der Waals surface area contributed by atoms with Crippen LogP contribution < -0.4 is 11.5 Å². The van der Waals surface area contributed by atoms with Crippen LogP contribution in [0.5, 0.6) is 0 Å². The van der Waals surface area contributed by atoms with E-state index in [0.29, 0.717) is 12.3 Å². The van der Waals surface area contributed by atoms with Crippen LogP contribution in [0.3, 0.4) is 0 Å². The Labute approximate surface area is 78.7 Å². The molecule has 0 bridgehead atoms. The fourth-order valence-corrected chi connectivity index (χ4v) is 1.29. The molecule has 0 spiro atoms. The second-order valence-corrected chi connectivity index (χ2v) is 3.21. The topological polar surface area (TPSA) is 73.6 Å². The Morgan fingerprint density at radius 2 is 2.38 bits per heavy atom. The van der Waals surface area contributed by atoms with Gasteiger partial charge >= 0.3 is 0 Å². The van der Waals surface area contributed by atoms with E-state index in [0.717, 1.165) is 25.2 Å². The van der Waals surface area contributed by atoms with E-state index in [9.17, 15) is 0 Å². The van der Waals surface area contributed by atoms with E-state index >= 15 is 0 Å². The standard InChI is InChI=1S/C9H17N3O/c1-7(9(11)5-10)12-8-3-2-4-13-6-8/h5,8H,2-4,6,10-11H2,1H3. The summed E-state index contributed by atoms with van der Waals surface area (Å²) in [5.41, 5.74) is 12.2. The average Bonchev–Trinajstić information content (AvgIpc) is 2.18. The summed E-state index contributed by atoms with van der Waals surface area (Å²) in [4.78, 5) is 4.43. The van der Waals surface area contributed by atoms with Gasteiger partial charge in [-0.1, -0.05) is 0 Å². The molecule has 4 heteroatoms. The molecule has 1 rings (SSSR count). The third-order valence-electron chi connectivity index (χ3n) is 2.11. The van der Waals surface area contributed by atoms with E-state index in [1.165, 1.54) is 6.20 Å². The molecule has 0 aromatic carbocycles. The van der Waals surface area contributed by atoms with Crippen molar-refractivity contribution in [1.82, 2.24) is 0 Å². The van der Waals surface area contributed by atoms with Gasteiger partial charge in [0.1, 0.15) is 0 Å². The van der Waals surface area contributed by atoms with E-state index in [1.54, 1.807) is 0 Å². The number of ether oxygens (including phenoxy) is 1. The van der Waals surface area contributed by atoms with Crippen LogP contribution in [-0.4, -0.2) is 25.0 Å². The fourth-order valence-electron chi connectivity index (χ4n) is 1.29. The van der Waals surface area contributed by atoms with E-state index < -0.39 is 0 Å². The number of allylic oxidation sites excluding steroid dienone is 1. The van der Waals surface area contributed by atoms with Crippen LogP contribution in [0, 0.1) is 0 Å². The Morgan fingerprint density at radius 3 is 2.92 bits per heavy atom. The molecule has 0 saturated carbocycles. The van der Waals surface area contributed by atoms with Crippen LogP contribution in [0.2, 0.25) is 0 Å². The van der Waals surface area contributed by atoms with Crippen molar-refractivity contribution in [3.63, 3.8) is 0 Å². The van der Waals surface area contributed by atoms with E-state index in [1.807, 2.05) is 6.92 Å². The highest BCUT2D eigenvalue weighted by Gasteiger charge is 2.12. The molecule has 0 aliphatic carbocycles. The van der Waals surface area contributed by atoms with Gasteiger partial charge in [0, 0.05) is 12.8 Å². The average molecular weight is 183 g/mol. The van der Waals surface area contributed by atoms with Crippen molar-refractivity contribution in [2.45, 2.75) is 25.8 Å². The molecule has 0 aromatic rings. The molecule has 0 aromatic heterocycles. The lowest BCUT2D eigenvalue weighted by Crippen LogP contribution is -2.23. The number of hydrogen-bond donors (Lipinski definition) is 2. The molecule has 13 heavy (non-hydrogen) atoms. The Bertz CT molecular complexity index is 217. The minimum atomic E-state index is 0.257. The van der Waals surface area contributed by atoms with Crippen LogP contribution in [0.25, 0.3) is 0 Å². The maximum atomic E-state index is 5.60. The summed E-state index contributed by atoms with van der Waals surface area (Å²) in [7, 11) is 0. The minimum Gasteiger partial charge on any atom is -0.403 e. The summed E-state index contributed by atoms with van der Waals surface area (Å²) >= 11 is 0. The summed E-state index contributed by atoms with van der Waals surface area (Å²) in [6.45, 7) is 3.43. The number of aliphatic imine (C=N–C) groups is 1. The number of nitrogens with zero attached hydrogens (tertiary/aromatic N) is 1. The van der Waals surface area contributed by atoms with Gasteiger partial charge in [-0.3, -0.25) is 4.99 Å². The van der Waals surface area contributed by atoms with Crippen LogP contribution in [0.4, 0.5) is 0 Å². The first kappa shape index (κ1) is 10.1. The van der Waals surface area contributed by atoms with Gasteiger partial charge in [-0.25, -0.2) is 0 Å². The lowest BCUT2D eigenvalue weighted by atomic mass is 10.1. The second-order valence-electron chi connectivity index (χ2n) is 3.21. The van der Waals surface area contributed by atoms with Crippen molar-refractivity contribution in [2.75, 3.05) is 13.2 Å². The van der Waals surface area contributed by atoms with E-state index in [2.05, 4.69) is 4.99 Å². The molecular weight excluding hydrogens is 166 g/mol. The summed E-state index contributed by atoms with van der Waals surface area (Å²) in [5.74, 6) is 0. The summed E-state index contributed by atoms with van der Waals surface area (Å²) in [6, 6.07) is 0.257. The summed E-state index contributed by atoms with van der Waals surface area (Å²) in [5, 5.41) is 0. The predicted octanol–water partition coefficient (Wildman–Crippen LogP) is 0.385. The SMILES string of the molecule is CC(=NC1CCCOC1)C(N)=CN. The normalized spacial score (nSPS) is 26.1. The first-order chi connectivity index (χ1) is 6.24. The number of hydrogen-bond acceptors (Lipinski definition) is 4. The quantitative estimate of drug-likeness (QED) is 0.608. The molecular formula is C9H17N3O. The molecule has 4 nitrogen and oxygen atoms in total. The van der Waals surface area contributed by atoms with Crippen molar-refractivity contribution < 1.29 is 4.74 Å². The van der Waals surface area contributed by atoms with Gasteiger partial charge in [-0.15, -0.1) is 0 Å². The highest BCUT2D eigenvalue weighted by atomic mass is 16.5. The molecule has 1 aliphatic heterocycles. The lowest BCUT2D eigenvalue weighted by Gasteiger charge is -2.19. The third-order valence-corrected chi connectivity index (χ3v) is 2.11. The van der Waals surface area contributed by atoms with Gasteiger partial charge in [0.25, 0.3) is 0 Å². The Kier molecular flexibility index (Phi) is 3.76.